The third-order valence-electron chi connectivity index (χ3n) is 6.42. The SMILES string of the molecule is CC(C)CCCC(C)CCOC[C@H](COP(=O)(O)OCC[N+](C)(C)C)OCCC(C)CCCC(C)C. The Morgan fingerprint density at radius 2 is 1.22 bits per heavy atom. The number of phosphoric acid groups is 1. The maximum atomic E-state index is 12.3. The summed E-state index contributed by atoms with van der Waals surface area (Å²) in [5, 5.41) is 0. The van der Waals surface area contributed by atoms with E-state index in [1.165, 1.54) is 38.5 Å². The molecule has 218 valence electrons. The van der Waals surface area contributed by atoms with Crippen molar-refractivity contribution in [1.82, 2.24) is 0 Å². The Hall–Kier alpha value is -0.0100. The van der Waals surface area contributed by atoms with E-state index in [1.807, 2.05) is 21.1 Å². The summed E-state index contributed by atoms with van der Waals surface area (Å²) in [4.78, 5) is 10.1. The van der Waals surface area contributed by atoms with E-state index in [2.05, 4.69) is 41.5 Å². The van der Waals surface area contributed by atoms with E-state index >= 15 is 0 Å². The molecule has 0 aromatic heterocycles. The standard InChI is InChI=1S/C28H60NO6P/c1-24(2)12-10-14-26(5)16-19-32-22-28(33-20-17-27(6)15-11-13-25(3)4)23-35-36(30,31)34-21-18-29(7,8)9/h24-28H,10-23H2,1-9H3/p+1/t26?,27?,28-/m1/s1. The van der Waals surface area contributed by atoms with Crippen molar-refractivity contribution in [2.24, 2.45) is 23.7 Å². The van der Waals surface area contributed by atoms with E-state index in [1.54, 1.807) is 0 Å². The van der Waals surface area contributed by atoms with Gasteiger partial charge in [0, 0.05) is 13.2 Å². The number of hydrogen-bond donors (Lipinski definition) is 1. The van der Waals surface area contributed by atoms with Crippen molar-refractivity contribution in [1.29, 1.82) is 0 Å². The minimum Gasteiger partial charge on any atom is -0.379 e. The number of phosphoric ester groups is 1. The molecule has 0 aromatic carbocycles. The van der Waals surface area contributed by atoms with E-state index in [0.717, 1.165) is 24.7 Å². The maximum absolute atomic E-state index is 12.3. The molecule has 4 atom stereocenters. The fourth-order valence-electron chi connectivity index (χ4n) is 3.76. The zero-order chi connectivity index (χ0) is 27.6. The Kier molecular flexibility index (Phi) is 20.0. The van der Waals surface area contributed by atoms with E-state index in [0.29, 0.717) is 42.7 Å². The largest absolute Gasteiger partial charge is 0.472 e. The Balaban J connectivity index is 4.53. The monoisotopic (exact) mass is 538 g/mol. The topological polar surface area (TPSA) is 74.2 Å². The van der Waals surface area contributed by atoms with Gasteiger partial charge in [0.05, 0.1) is 34.4 Å². The average Bonchev–Trinajstić information content (AvgIpc) is 2.72. The molecule has 8 heteroatoms. The first-order valence-electron chi connectivity index (χ1n) is 14.3. The number of ether oxygens (including phenoxy) is 2. The fourth-order valence-corrected chi connectivity index (χ4v) is 4.50. The van der Waals surface area contributed by atoms with Crippen LogP contribution in [0.2, 0.25) is 0 Å². The van der Waals surface area contributed by atoms with Gasteiger partial charge in [-0.15, -0.1) is 0 Å². The van der Waals surface area contributed by atoms with Gasteiger partial charge in [0.25, 0.3) is 0 Å². The van der Waals surface area contributed by atoms with E-state index in [4.69, 9.17) is 18.5 Å². The van der Waals surface area contributed by atoms with Gasteiger partial charge in [-0.3, -0.25) is 9.05 Å². The lowest BCUT2D eigenvalue weighted by molar-refractivity contribution is -0.870. The lowest BCUT2D eigenvalue weighted by Gasteiger charge is -2.24. The molecule has 0 spiro atoms. The molecule has 1 N–H and O–H groups in total. The number of quaternary nitrogens is 1. The van der Waals surface area contributed by atoms with Crippen LogP contribution in [0.5, 0.6) is 0 Å². The molecule has 0 bridgehead atoms. The molecule has 0 heterocycles. The molecule has 0 rings (SSSR count). The highest BCUT2D eigenvalue weighted by molar-refractivity contribution is 7.47. The second-order valence-electron chi connectivity index (χ2n) is 12.6. The zero-order valence-corrected chi connectivity index (χ0v) is 26.1. The van der Waals surface area contributed by atoms with Gasteiger partial charge in [0.1, 0.15) is 19.3 Å². The van der Waals surface area contributed by atoms with Gasteiger partial charge in [0.2, 0.25) is 0 Å². The Morgan fingerprint density at radius 1 is 0.694 bits per heavy atom. The van der Waals surface area contributed by atoms with Crippen LogP contribution >= 0.6 is 7.82 Å². The van der Waals surface area contributed by atoms with Crippen molar-refractivity contribution in [3.63, 3.8) is 0 Å². The second-order valence-corrected chi connectivity index (χ2v) is 14.1. The third kappa shape index (κ3) is 24.3. The first-order valence-corrected chi connectivity index (χ1v) is 15.8. The molecule has 7 nitrogen and oxygen atoms in total. The van der Waals surface area contributed by atoms with E-state index in [9.17, 15) is 9.46 Å². The average molecular weight is 539 g/mol. The van der Waals surface area contributed by atoms with Crippen molar-refractivity contribution < 1.29 is 32.5 Å². The Labute approximate surface area is 223 Å². The molecular formula is C28H61NO6P+. The van der Waals surface area contributed by atoms with Gasteiger partial charge in [0.15, 0.2) is 0 Å². The second kappa shape index (κ2) is 20.0. The first kappa shape index (κ1) is 36.0. The molecule has 3 unspecified atom stereocenters. The van der Waals surface area contributed by atoms with Gasteiger partial charge < -0.3 is 18.9 Å². The third-order valence-corrected chi connectivity index (χ3v) is 7.40. The normalized spacial score (nSPS) is 16.9. The fraction of sp³-hybridized carbons (Fsp3) is 1.00. The summed E-state index contributed by atoms with van der Waals surface area (Å²) < 4.78 is 35.4. The lowest BCUT2D eigenvalue weighted by atomic mass is 9.97. The van der Waals surface area contributed by atoms with Crippen LogP contribution in [0.1, 0.15) is 92.9 Å². The molecule has 36 heavy (non-hydrogen) atoms. The van der Waals surface area contributed by atoms with Crippen LogP contribution in [0.3, 0.4) is 0 Å². The maximum Gasteiger partial charge on any atom is 0.472 e. The quantitative estimate of drug-likeness (QED) is 0.0816. The van der Waals surface area contributed by atoms with Crippen LogP contribution < -0.4 is 0 Å². The molecule has 0 aliphatic rings. The van der Waals surface area contributed by atoms with Crippen molar-refractivity contribution in [2.75, 3.05) is 60.7 Å². The number of rotatable bonds is 24. The number of hydrogen-bond acceptors (Lipinski definition) is 5. The van der Waals surface area contributed by atoms with E-state index < -0.39 is 13.9 Å². The molecular weight excluding hydrogens is 477 g/mol. The minimum atomic E-state index is -4.13. The van der Waals surface area contributed by atoms with Crippen LogP contribution in [-0.4, -0.2) is 76.2 Å². The van der Waals surface area contributed by atoms with Gasteiger partial charge in [-0.1, -0.05) is 80.1 Å². The van der Waals surface area contributed by atoms with Crippen molar-refractivity contribution >= 4 is 7.82 Å². The van der Waals surface area contributed by atoms with Crippen LogP contribution in [0.25, 0.3) is 0 Å². The number of nitrogens with zero attached hydrogens (tertiary/aromatic N) is 1. The van der Waals surface area contributed by atoms with Crippen LogP contribution in [0, 0.1) is 23.7 Å². The van der Waals surface area contributed by atoms with Crippen molar-refractivity contribution in [2.45, 2.75) is 99.0 Å². The van der Waals surface area contributed by atoms with Crippen LogP contribution in [0.4, 0.5) is 0 Å². The first-order chi connectivity index (χ1) is 16.7. The summed E-state index contributed by atoms with van der Waals surface area (Å²) in [6, 6.07) is 0. The summed E-state index contributed by atoms with van der Waals surface area (Å²) in [5.41, 5.74) is 0. The molecule has 0 amide bonds. The van der Waals surface area contributed by atoms with Crippen LogP contribution in [0.15, 0.2) is 0 Å². The van der Waals surface area contributed by atoms with E-state index in [-0.39, 0.29) is 13.2 Å². The van der Waals surface area contributed by atoms with Gasteiger partial charge >= 0.3 is 7.82 Å². The smallest absolute Gasteiger partial charge is 0.379 e. The summed E-state index contributed by atoms with van der Waals surface area (Å²) >= 11 is 0. The molecule has 0 aliphatic carbocycles. The lowest BCUT2D eigenvalue weighted by Crippen LogP contribution is -2.37. The molecule has 0 aliphatic heterocycles. The van der Waals surface area contributed by atoms with Gasteiger partial charge in [-0.2, -0.15) is 0 Å². The predicted octanol–water partition coefficient (Wildman–Crippen LogP) is 6.93. The van der Waals surface area contributed by atoms with Crippen LogP contribution in [-0.2, 0) is 23.1 Å². The summed E-state index contributed by atoms with van der Waals surface area (Å²) in [6.07, 6.45) is 9.00. The van der Waals surface area contributed by atoms with Gasteiger partial charge in [-0.25, -0.2) is 4.57 Å². The highest BCUT2D eigenvalue weighted by Gasteiger charge is 2.25. The van der Waals surface area contributed by atoms with Crippen molar-refractivity contribution in [3.8, 4) is 0 Å². The summed E-state index contributed by atoms with van der Waals surface area (Å²) in [7, 11) is 1.88. The molecule has 0 saturated carbocycles. The van der Waals surface area contributed by atoms with Gasteiger partial charge in [-0.05, 0) is 36.5 Å². The molecule has 0 aromatic rings. The van der Waals surface area contributed by atoms with Crippen molar-refractivity contribution in [3.05, 3.63) is 0 Å². The molecule has 0 fully saturated rings. The predicted molar refractivity (Wildman–Crippen MR) is 150 cm³/mol. The summed E-state index contributed by atoms with van der Waals surface area (Å²) in [5.74, 6) is 2.70. The number of likely N-dealkylation sites (N-methyl/N-ethyl adjacent to an activating group) is 1. The zero-order valence-electron chi connectivity index (χ0n) is 25.2. The highest BCUT2D eigenvalue weighted by Crippen LogP contribution is 2.43. The molecule has 0 radical (unpaired) electrons. The minimum absolute atomic E-state index is 0.0240. The molecule has 0 saturated heterocycles. The Bertz CT molecular complexity index is 567. The summed E-state index contributed by atoms with van der Waals surface area (Å²) in [6.45, 7) is 15.9. The Morgan fingerprint density at radius 3 is 1.72 bits per heavy atom. The highest BCUT2D eigenvalue weighted by atomic mass is 31.2.